The van der Waals surface area contributed by atoms with Crippen LogP contribution < -0.4 is 0 Å². The van der Waals surface area contributed by atoms with Gasteiger partial charge in [0.1, 0.15) is 0 Å². The average molecular weight is 381 g/mol. The Bertz CT molecular complexity index is 359. The van der Waals surface area contributed by atoms with Crippen LogP contribution in [0.4, 0.5) is 0 Å². The molecule has 5 unspecified atom stereocenters. The minimum absolute atomic E-state index is 0.824. The van der Waals surface area contributed by atoms with Crippen LogP contribution in [-0.4, -0.2) is 11.0 Å². The monoisotopic (exact) mass is 380 g/mol. The first-order valence-corrected chi connectivity index (χ1v) is 12.8. The highest BCUT2D eigenvalue weighted by Crippen LogP contribution is 2.37. The van der Waals surface area contributed by atoms with E-state index < -0.39 is 0 Å². The Labute approximate surface area is 170 Å². The van der Waals surface area contributed by atoms with Gasteiger partial charge in [-0.3, -0.25) is 0 Å². The topological polar surface area (TPSA) is 0 Å². The molecule has 0 aromatic heterocycles. The zero-order valence-corrected chi connectivity index (χ0v) is 19.6. The molecule has 1 heterocycles. The summed E-state index contributed by atoms with van der Waals surface area (Å²) in [5.41, 5.74) is 0. The highest BCUT2D eigenvalue weighted by molar-refractivity contribution is 7.99. The maximum absolute atomic E-state index is 2.55. The predicted molar refractivity (Wildman–Crippen MR) is 123 cm³/mol. The van der Waals surface area contributed by atoms with Gasteiger partial charge in [0.2, 0.25) is 0 Å². The molecule has 0 aliphatic carbocycles. The smallest absolute Gasteiger partial charge is 0.00214 e. The summed E-state index contributed by atoms with van der Waals surface area (Å²) in [6.45, 7) is 14.6. The largest absolute Gasteiger partial charge is 0.159 e. The molecular formula is C25H48S. The molecule has 0 radical (unpaired) electrons. The molecule has 0 amide bonds. The Balaban J connectivity index is 2.54. The molecule has 0 aromatic carbocycles. The molecular weight excluding hydrogens is 332 g/mol. The van der Waals surface area contributed by atoms with Gasteiger partial charge in [-0.2, -0.15) is 11.8 Å². The Morgan fingerprint density at radius 1 is 1.00 bits per heavy atom. The number of allylic oxidation sites excluding steroid dienone is 2. The number of hydrogen-bond donors (Lipinski definition) is 0. The van der Waals surface area contributed by atoms with E-state index in [1.54, 1.807) is 0 Å². The van der Waals surface area contributed by atoms with Crippen LogP contribution in [0.3, 0.4) is 0 Å². The minimum atomic E-state index is 0.824. The standard InChI is InChI=1S/C25H48S/c1-7-8-9-10-12-15-24-16-13-11-14-17-25(23(6)20(2)3)21(4)18-22(5)26-19-24/h8-9,20-25H,7,10-19H2,1-6H3/b9-8-. The van der Waals surface area contributed by atoms with Crippen molar-refractivity contribution in [2.75, 3.05) is 5.75 Å². The fourth-order valence-corrected chi connectivity index (χ4v) is 6.11. The molecule has 1 saturated heterocycles. The van der Waals surface area contributed by atoms with Crippen LogP contribution in [0.15, 0.2) is 12.2 Å². The van der Waals surface area contributed by atoms with E-state index >= 15 is 0 Å². The predicted octanol–water partition coefficient (Wildman–Crippen LogP) is 8.76. The lowest BCUT2D eigenvalue weighted by atomic mass is 9.73. The molecule has 1 fully saturated rings. The van der Waals surface area contributed by atoms with Crippen molar-refractivity contribution in [3.05, 3.63) is 12.2 Å². The fraction of sp³-hybridized carbons (Fsp3) is 0.920. The summed E-state index contributed by atoms with van der Waals surface area (Å²) in [6, 6.07) is 0. The lowest BCUT2D eigenvalue weighted by molar-refractivity contribution is 0.178. The SMILES string of the molecule is CC/C=C\CCCC1CCCCCC(C(C)C(C)C)C(C)CC(C)SC1. The Morgan fingerprint density at radius 3 is 2.42 bits per heavy atom. The molecule has 0 saturated carbocycles. The Kier molecular flexibility index (Phi) is 13.1. The average Bonchev–Trinajstić information content (AvgIpc) is 2.59. The number of hydrogen-bond acceptors (Lipinski definition) is 1. The van der Waals surface area contributed by atoms with Crippen molar-refractivity contribution in [1.82, 2.24) is 0 Å². The second kappa shape index (κ2) is 14.1. The summed E-state index contributed by atoms with van der Waals surface area (Å²) < 4.78 is 0. The highest BCUT2D eigenvalue weighted by atomic mass is 32.2. The Morgan fingerprint density at radius 2 is 1.73 bits per heavy atom. The van der Waals surface area contributed by atoms with Crippen LogP contribution in [0.1, 0.15) is 106 Å². The first-order chi connectivity index (χ1) is 12.5. The van der Waals surface area contributed by atoms with Gasteiger partial charge >= 0.3 is 0 Å². The Hall–Kier alpha value is 0.0900. The van der Waals surface area contributed by atoms with Crippen molar-refractivity contribution in [1.29, 1.82) is 0 Å². The third kappa shape index (κ3) is 9.86. The van der Waals surface area contributed by atoms with Gasteiger partial charge in [0, 0.05) is 5.25 Å². The van der Waals surface area contributed by atoms with Crippen LogP contribution in [0, 0.1) is 29.6 Å². The van der Waals surface area contributed by atoms with Gasteiger partial charge in [-0.15, -0.1) is 0 Å². The number of unbranched alkanes of at least 4 members (excludes halogenated alkanes) is 1. The van der Waals surface area contributed by atoms with Crippen molar-refractivity contribution in [2.45, 2.75) is 111 Å². The molecule has 0 aromatic rings. The van der Waals surface area contributed by atoms with Crippen LogP contribution >= 0.6 is 11.8 Å². The summed E-state index contributed by atoms with van der Waals surface area (Å²) in [6.07, 6.45) is 18.7. The molecule has 0 bridgehead atoms. The van der Waals surface area contributed by atoms with E-state index in [-0.39, 0.29) is 0 Å². The maximum atomic E-state index is 2.55. The summed E-state index contributed by atoms with van der Waals surface area (Å²) >= 11 is 2.28. The molecule has 0 spiro atoms. The van der Waals surface area contributed by atoms with E-state index in [4.69, 9.17) is 0 Å². The first kappa shape index (κ1) is 24.1. The molecule has 1 heteroatoms. The zero-order chi connectivity index (χ0) is 19.4. The van der Waals surface area contributed by atoms with Gasteiger partial charge in [0.25, 0.3) is 0 Å². The normalized spacial score (nSPS) is 30.9. The van der Waals surface area contributed by atoms with E-state index in [0.717, 1.165) is 34.8 Å². The van der Waals surface area contributed by atoms with E-state index in [1.165, 1.54) is 70.0 Å². The van der Waals surface area contributed by atoms with Gasteiger partial charge in [0.05, 0.1) is 0 Å². The van der Waals surface area contributed by atoms with Crippen molar-refractivity contribution in [2.24, 2.45) is 29.6 Å². The fourth-order valence-electron chi connectivity index (χ4n) is 4.74. The van der Waals surface area contributed by atoms with E-state index in [0.29, 0.717) is 0 Å². The summed E-state index contributed by atoms with van der Waals surface area (Å²) in [5, 5.41) is 0.828. The molecule has 154 valence electrons. The van der Waals surface area contributed by atoms with Gasteiger partial charge in [-0.1, -0.05) is 73.0 Å². The zero-order valence-electron chi connectivity index (χ0n) is 18.8. The summed E-state index contributed by atoms with van der Waals surface area (Å²) in [5.74, 6) is 5.86. The van der Waals surface area contributed by atoms with E-state index in [2.05, 4.69) is 65.5 Å². The van der Waals surface area contributed by atoms with Crippen molar-refractivity contribution in [3.8, 4) is 0 Å². The van der Waals surface area contributed by atoms with Crippen molar-refractivity contribution >= 4 is 11.8 Å². The first-order valence-electron chi connectivity index (χ1n) is 11.7. The quantitative estimate of drug-likeness (QED) is 0.314. The van der Waals surface area contributed by atoms with Gasteiger partial charge in [-0.05, 0) is 80.3 Å². The van der Waals surface area contributed by atoms with Crippen LogP contribution in [0.2, 0.25) is 0 Å². The summed E-state index contributed by atoms with van der Waals surface area (Å²) in [7, 11) is 0. The van der Waals surface area contributed by atoms with Crippen LogP contribution in [0.25, 0.3) is 0 Å². The highest BCUT2D eigenvalue weighted by Gasteiger charge is 2.27. The van der Waals surface area contributed by atoms with Crippen LogP contribution in [-0.2, 0) is 0 Å². The third-order valence-corrected chi connectivity index (χ3v) is 8.24. The maximum Gasteiger partial charge on any atom is 0.00214 e. The second-order valence-electron chi connectivity index (χ2n) is 9.44. The van der Waals surface area contributed by atoms with Gasteiger partial charge < -0.3 is 0 Å². The summed E-state index contributed by atoms with van der Waals surface area (Å²) in [4.78, 5) is 0. The van der Waals surface area contributed by atoms with Gasteiger partial charge in [0.15, 0.2) is 0 Å². The molecule has 1 aliphatic rings. The number of rotatable bonds is 7. The molecule has 1 rings (SSSR count). The number of thioether (sulfide) groups is 1. The van der Waals surface area contributed by atoms with Gasteiger partial charge in [-0.25, -0.2) is 0 Å². The van der Waals surface area contributed by atoms with Crippen LogP contribution in [0.5, 0.6) is 0 Å². The molecule has 0 N–H and O–H groups in total. The third-order valence-electron chi connectivity index (χ3n) is 6.81. The molecule has 0 nitrogen and oxygen atoms in total. The second-order valence-corrected chi connectivity index (χ2v) is 10.9. The lowest BCUT2D eigenvalue weighted by Crippen LogP contribution is -2.26. The van der Waals surface area contributed by atoms with E-state index in [1.807, 2.05) is 0 Å². The molecule has 5 atom stereocenters. The molecule has 1 aliphatic heterocycles. The van der Waals surface area contributed by atoms with Crippen molar-refractivity contribution < 1.29 is 0 Å². The van der Waals surface area contributed by atoms with E-state index in [9.17, 15) is 0 Å². The minimum Gasteiger partial charge on any atom is -0.159 e. The van der Waals surface area contributed by atoms with Crippen molar-refractivity contribution in [3.63, 3.8) is 0 Å². The molecule has 26 heavy (non-hydrogen) atoms. The lowest BCUT2D eigenvalue weighted by Gasteiger charge is -2.34.